The Morgan fingerprint density at radius 3 is 2.57 bits per heavy atom. The molecule has 0 spiro atoms. The minimum absolute atomic E-state index is 0.0838. The van der Waals surface area contributed by atoms with Gasteiger partial charge in [0.15, 0.2) is 9.84 Å². The second kappa shape index (κ2) is 5.51. The zero-order chi connectivity index (χ0) is 14.9. The number of carbonyl (C=O) groups excluding carboxylic acids is 1. The minimum atomic E-state index is -2.90. The number of nitrogens with one attached hydrogen (secondary N) is 3. The maximum atomic E-state index is 11.6. The molecule has 0 bridgehead atoms. The summed E-state index contributed by atoms with van der Waals surface area (Å²) in [5, 5.41) is 8.64. The molecule has 3 rings (SSSR count). The normalized spacial score (nSPS) is 23.5. The molecule has 1 aliphatic heterocycles. The van der Waals surface area contributed by atoms with Crippen molar-refractivity contribution in [3.05, 3.63) is 18.3 Å². The summed E-state index contributed by atoms with van der Waals surface area (Å²) in [6.45, 7) is 0. The quantitative estimate of drug-likeness (QED) is 0.769. The highest BCUT2D eigenvalue weighted by Gasteiger charge is 2.27. The van der Waals surface area contributed by atoms with Gasteiger partial charge < -0.3 is 16.0 Å². The number of carbonyl (C=O) groups is 1. The van der Waals surface area contributed by atoms with Crippen LogP contribution in [0.4, 0.5) is 16.3 Å². The molecule has 2 heterocycles. The lowest BCUT2D eigenvalue weighted by Crippen LogP contribution is -2.30. The molecule has 2 aliphatic rings. The predicted molar refractivity (Wildman–Crippen MR) is 80.1 cm³/mol. The number of hydrogen-bond acceptors (Lipinski definition) is 5. The van der Waals surface area contributed by atoms with E-state index in [1.54, 1.807) is 18.3 Å². The smallest absolute Gasteiger partial charge is 0.319 e. The topological polar surface area (TPSA) is 100 Å². The van der Waals surface area contributed by atoms with Crippen molar-refractivity contribution in [1.29, 1.82) is 0 Å². The Morgan fingerprint density at radius 1 is 1.19 bits per heavy atom. The molecule has 7 nitrogen and oxygen atoms in total. The van der Waals surface area contributed by atoms with Gasteiger partial charge in [0.25, 0.3) is 0 Å². The number of urea groups is 1. The standard InChI is InChI=1S/C13H18N4O3S/c18-13(16-9-1-2-9)17-10-3-4-12(14-7-10)15-11-5-6-21(19,20)8-11/h3-4,7,9,11H,1-2,5-6,8H2,(H,14,15)(H2,16,17,18). The Morgan fingerprint density at radius 2 is 2.00 bits per heavy atom. The first-order valence-corrected chi connectivity index (χ1v) is 8.83. The SMILES string of the molecule is O=C(Nc1ccc(NC2CCS(=O)(=O)C2)nc1)NC1CC1. The van der Waals surface area contributed by atoms with E-state index in [1.165, 1.54) is 0 Å². The van der Waals surface area contributed by atoms with Crippen molar-refractivity contribution < 1.29 is 13.2 Å². The number of sulfone groups is 1. The molecule has 1 aliphatic carbocycles. The molecule has 0 radical (unpaired) electrons. The first kappa shape index (κ1) is 14.1. The van der Waals surface area contributed by atoms with E-state index in [2.05, 4.69) is 20.9 Å². The third-order valence-corrected chi connectivity index (χ3v) is 5.29. The maximum Gasteiger partial charge on any atom is 0.319 e. The molecule has 1 unspecified atom stereocenters. The van der Waals surface area contributed by atoms with Crippen LogP contribution in [-0.4, -0.2) is 43.0 Å². The number of rotatable bonds is 4. The third-order valence-electron chi connectivity index (χ3n) is 3.52. The van der Waals surface area contributed by atoms with Crippen molar-refractivity contribution in [3.8, 4) is 0 Å². The van der Waals surface area contributed by atoms with Gasteiger partial charge in [0, 0.05) is 12.1 Å². The summed E-state index contributed by atoms with van der Waals surface area (Å²) < 4.78 is 22.8. The Labute approximate surface area is 123 Å². The zero-order valence-corrected chi connectivity index (χ0v) is 12.3. The lowest BCUT2D eigenvalue weighted by Gasteiger charge is -2.12. The van der Waals surface area contributed by atoms with Crippen molar-refractivity contribution in [2.45, 2.75) is 31.3 Å². The van der Waals surface area contributed by atoms with Crippen molar-refractivity contribution >= 4 is 27.4 Å². The van der Waals surface area contributed by atoms with Gasteiger partial charge in [-0.3, -0.25) is 0 Å². The van der Waals surface area contributed by atoms with Crippen LogP contribution in [0.2, 0.25) is 0 Å². The van der Waals surface area contributed by atoms with Gasteiger partial charge in [0.2, 0.25) is 0 Å². The van der Waals surface area contributed by atoms with Crippen LogP contribution in [0.1, 0.15) is 19.3 Å². The molecule has 1 aromatic heterocycles. The van der Waals surface area contributed by atoms with Crippen LogP contribution >= 0.6 is 0 Å². The van der Waals surface area contributed by atoms with Crippen LogP contribution in [0, 0.1) is 0 Å². The van der Waals surface area contributed by atoms with E-state index >= 15 is 0 Å². The molecule has 1 atom stereocenters. The summed E-state index contributed by atoms with van der Waals surface area (Å²) in [7, 11) is -2.90. The molecule has 8 heteroatoms. The first-order chi connectivity index (χ1) is 10.00. The summed E-state index contributed by atoms with van der Waals surface area (Å²) >= 11 is 0. The molecule has 0 aromatic carbocycles. The average Bonchev–Trinajstić information content (AvgIpc) is 3.15. The van der Waals surface area contributed by atoms with Gasteiger partial charge in [-0.2, -0.15) is 0 Å². The lowest BCUT2D eigenvalue weighted by molar-refractivity contribution is 0.251. The predicted octanol–water partition coefficient (Wildman–Crippen LogP) is 0.964. The second-order valence-electron chi connectivity index (χ2n) is 5.55. The summed E-state index contributed by atoms with van der Waals surface area (Å²) in [6, 6.07) is 3.48. The Bertz CT molecular complexity index is 625. The molecule has 1 aromatic rings. The molecule has 2 fully saturated rings. The van der Waals surface area contributed by atoms with Gasteiger partial charge in [-0.05, 0) is 31.4 Å². The van der Waals surface area contributed by atoms with Crippen LogP contribution < -0.4 is 16.0 Å². The summed E-state index contributed by atoms with van der Waals surface area (Å²) in [5.74, 6) is 0.995. The number of amides is 2. The molecule has 2 amide bonds. The molecule has 114 valence electrons. The van der Waals surface area contributed by atoms with Gasteiger partial charge in [0.1, 0.15) is 5.82 Å². The Kier molecular flexibility index (Phi) is 3.71. The van der Waals surface area contributed by atoms with Gasteiger partial charge in [0.05, 0.1) is 23.4 Å². The monoisotopic (exact) mass is 310 g/mol. The number of nitrogens with zero attached hydrogens (tertiary/aromatic N) is 1. The van der Waals surface area contributed by atoms with Crippen LogP contribution in [0.25, 0.3) is 0 Å². The fourth-order valence-electron chi connectivity index (χ4n) is 2.25. The summed E-state index contributed by atoms with van der Waals surface area (Å²) in [5.41, 5.74) is 0.609. The van der Waals surface area contributed by atoms with Gasteiger partial charge in [-0.25, -0.2) is 18.2 Å². The van der Waals surface area contributed by atoms with Crippen LogP contribution in [-0.2, 0) is 9.84 Å². The molecule has 21 heavy (non-hydrogen) atoms. The van der Waals surface area contributed by atoms with E-state index in [0.29, 0.717) is 24.0 Å². The summed E-state index contributed by atoms with van der Waals surface area (Å²) in [4.78, 5) is 15.8. The van der Waals surface area contributed by atoms with E-state index in [9.17, 15) is 13.2 Å². The second-order valence-corrected chi connectivity index (χ2v) is 7.78. The molecule has 1 saturated heterocycles. The van der Waals surface area contributed by atoms with E-state index < -0.39 is 9.84 Å². The summed E-state index contributed by atoms with van der Waals surface area (Å²) in [6.07, 6.45) is 4.24. The molecular formula is C13H18N4O3S. The minimum Gasteiger partial charge on any atom is -0.366 e. The molecule has 1 saturated carbocycles. The highest BCUT2D eigenvalue weighted by Crippen LogP contribution is 2.19. The number of aromatic nitrogens is 1. The van der Waals surface area contributed by atoms with Gasteiger partial charge in [-0.1, -0.05) is 0 Å². The Balaban J connectivity index is 1.52. The van der Waals surface area contributed by atoms with Crippen molar-refractivity contribution in [2.24, 2.45) is 0 Å². The highest BCUT2D eigenvalue weighted by atomic mass is 32.2. The fourth-order valence-corrected chi connectivity index (χ4v) is 3.92. The van der Waals surface area contributed by atoms with E-state index in [-0.39, 0.29) is 23.6 Å². The zero-order valence-electron chi connectivity index (χ0n) is 11.5. The Hall–Kier alpha value is -1.83. The van der Waals surface area contributed by atoms with Gasteiger partial charge >= 0.3 is 6.03 Å². The number of pyridine rings is 1. The number of anilines is 2. The number of hydrogen-bond donors (Lipinski definition) is 3. The van der Waals surface area contributed by atoms with E-state index in [1.807, 2.05) is 0 Å². The third kappa shape index (κ3) is 4.07. The fraction of sp³-hybridized carbons (Fsp3) is 0.538. The lowest BCUT2D eigenvalue weighted by atomic mass is 10.2. The highest BCUT2D eigenvalue weighted by molar-refractivity contribution is 7.91. The molecule has 3 N–H and O–H groups in total. The van der Waals surface area contributed by atoms with Crippen molar-refractivity contribution in [2.75, 3.05) is 22.1 Å². The van der Waals surface area contributed by atoms with Crippen molar-refractivity contribution in [1.82, 2.24) is 10.3 Å². The van der Waals surface area contributed by atoms with Crippen LogP contribution in [0.3, 0.4) is 0 Å². The maximum absolute atomic E-state index is 11.6. The van der Waals surface area contributed by atoms with Crippen molar-refractivity contribution in [3.63, 3.8) is 0 Å². The average molecular weight is 310 g/mol. The first-order valence-electron chi connectivity index (χ1n) is 7.01. The largest absolute Gasteiger partial charge is 0.366 e. The van der Waals surface area contributed by atoms with Crippen LogP contribution in [0.5, 0.6) is 0 Å². The van der Waals surface area contributed by atoms with Crippen LogP contribution in [0.15, 0.2) is 18.3 Å². The van der Waals surface area contributed by atoms with E-state index in [0.717, 1.165) is 12.8 Å². The molecular weight excluding hydrogens is 292 g/mol. The van der Waals surface area contributed by atoms with Gasteiger partial charge in [-0.15, -0.1) is 0 Å². The van der Waals surface area contributed by atoms with E-state index in [4.69, 9.17) is 0 Å².